The largest absolute Gasteiger partial charge is 0.394 e. The Labute approximate surface area is 116 Å². The van der Waals surface area contributed by atoms with Gasteiger partial charge in [0.15, 0.2) is 11.6 Å². The monoisotopic (exact) mass is 287 g/mol. The van der Waals surface area contributed by atoms with Gasteiger partial charge in [0.05, 0.1) is 6.61 Å². The number of halogens is 2. The maximum Gasteiger partial charge on any atom is 0.159 e. The number of thioether (sulfide) groups is 1. The van der Waals surface area contributed by atoms with Crippen LogP contribution in [-0.4, -0.2) is 29.5 Å². The summed E-state index contributed by atoms with van der Waals surface area (Å²) in [6, 6.07) is 4.02. The molecule has 1 aromatic carbocycles. The third-order valence-electron chi connectivity index (χ3n) is 3.83. The van der Waals surface area contributed by atoms with E-state index in [1.165, 1.54) is 6.07 Å². The minimum Gasteiger partial charge on any atom is -0.394 e. The highest BCUT2D eigenvalue weighted by atomic mass is 32.2. The van der Waals surface area contributed by atoms with Gasteiger partial charge in [-0.05, 0) is 44.5 Å². The van der Waals surface area contributed by atoms with Crippen LogP contribution in [0.2, 0.25) is 0 Å². The molecule has 1 aliphatic carbocycles. The van der Waals surface area contributed by atoms with E-state index in [4.69, 9.17) is 0 Å². The number of hydrogen-bond donors (Lipinski definition) is 2. The molecule has 19 heavy (non-hydrogen) atoms. The quantitative estimate of drug-likeness (QED) is 0.893. The Morgan fingerprint density at radius 3 is 2.84 bits per heavy atom. The molecule has 2 atom stereocenters. The molecule has 0 saturated heterocycles. The Balaban J connectivity index is 2.04. The van der Waals surface area contributed by atoms with Crippen LogP contribution in [0.1, 0.15) is 25.7 Å². The van der Waals surface area contributed by atoms with Gasteiger partial charge in [-0.15, -0.1) is 11.8 Å². The average molecular weight is 287 g/mol. The molecule has 1 saturated carbocycles. The molecule has 0 heterocycles. The number of rotatable bonds is 4. The second-order valence-corrected chi connectivity index (χ2v) is 6.47. The van der Waals surface area contributed by atoms with Gasteiger partial charge in [-0.3, -0.25) is 0 Å². The van der Waals surface area contributed by atoms with Gasteiger partial charge in [-0.1, -0.05) is 6.42 Å². The molecule has 5 heteroatoms. The highest BCUT2D eigenvalue weighted by molar-refractivity contribution is 8.00. The number of aliphatic hydroxyl groups excluding tert-OH is 1. The first-order chi connectivity index (χ1) is 9.08. The molecular formula is C14H19F2NOS. The SMILES string of the molecule is CNC1(CO)CCCC(Sc2ccc(F)c(F)c2)C1. The maximum absolute atomic E-state index is 13.2. The smallest absolute Gasteiger partial charge is 0.159 e. The summed E-state index contributed by atoms with van der Waals surface area (Å²) >= 11 is 1.56. The van der Waals surface area contributed by atoms with E-state index in [-0.39, 0.29) is 12.1 Å². The van der Waals surface area contributed by atoms with E-state index in [9.17, 15) is 13.9 Å². The predicted molar refractivity (Wildman–Crippen MR) is 73.3 cm³/mol. The van der Waals surface area contributed by atoms with E-state index in [1.54, 1.807) is 17.8 Å². The van der Waals surface area contributed by atoms with Crippen molar-refractivity contribution in [3.8, 4) is 0 Å². The topological polar surface area (TPSA) is 32.3 Å². The van der Waals surface area contributed by atoms with Gasteiger partial charge in [-0.25, -0.2) is 8.78 Å². The maximum atomic E-state index is 13.2. The molecular weight excluding hydrogens is 268 g/mol. The lowest BCUT2D eigenvalue weighted by Crippen LogP contribution is -2.50. The molecule has 1 fully saturated rings. The first-order valence-corrected chi connectivity index (χ1v) is 7.38. The highest BCUT2D eigenvalue weighted by Crippen LogP contribution is 2.38. The van der Waals surface area contributed by atoms with Gasteiger partial charge in [0, 0.05) is 15.7 Å². The number of hydrogen-bond acceptors (Lipinski definition) is 3. The van der Waals surface area contributed by atoms with Gasteiger partial charge >= 0.3 is 0 Å². The lowest BCUT2D eigenvalue weighted by atomic mass is 9.82. The van der Waals surface area contributed by atoms with E-state index in [0.29, 0.717) is 5.25 Å². The molecule has 0 aromatic heterocycles. The Hall–Kier alpha value is -0.650. The molecule has 0 radical (unpaired) electrons. The van der Waals surface area contributed by atoms with Crippen molar-refractivity contribution >= 4 is 11.8 Å². The fourth-order valence-corrected chi connectivity index (χ4v) is 3.99. The minimum atomic E-state index is -0.812. The second-order valence-electron chi connectivity index (χ2n) is 5.10. The van der Waals surface area contributed by atoms with Crippen molar-refractivity contribution in [2.75, 3.05) is 13.7 Å². The van der Waals surface area contributed by atoms with Crippen LogP contribution in [0, 0.1) is 11.6 Å². The third-order valence-corrected chi connectivity index (χ3v) is 5.09. The summed E-state index contributed by atoms with van der Waals surface area (Å²) in [7, 11) is 1.86. The van der Waals surface area contributed by atoms with Crippen LogP contribution >= 0.6 is 11.8 Å². The summed E-state index contributed by atoms with van der Waals surface area (Å²) in [4.78, 5) is 0.744. The molecule has 1 aliphatic rings. The van der Waals surface area contributed by atoms with Crippen molar-refractivity contribution in [2.45, 2.75) is 41.4 Å². The Morgan fingerprint density at radius 2 is 2.21 bits per heavy atom. The summed E-state index contributed by atoms with van der Waals surface area (Å²) in [5, 5.41) is 13.0. The summed E-state index contributed by atoms with van der Waals surface area (Å²) in [5.74, 6) is -1.62. The number of nitrogens with one attached hydrogen (secondary N) is 1. The van der Waals surface area contributed by atoms with Gasteiger partial charge in [-0.2, -0.15) is 0 Å². The fraction of sp³-hybridized carbons (Fsp3) is 0.571. The normalized spacial score (nSPS) is 27.5. The van der Waals surface area contributed by atoms with Gasteiger partial charge < -0.3 is 10.4 Å². The van der Waals surface area contributed by atoms with E-state index in [0.717, 1.165) is 36.6 Å². The van der Waals surface area contributed by atoms with Crippen molar-refractivity contribution in [3.63, 3.8) is 0 Å². The van der Waals surface area contributed by atoms with Crippen molar-refractivity contribution < 1.29 is 13.9 Å². The van der Waals surface area contributed by atoms with E-state index in [2.05, 4.69) is 5.32 Å². The predicted octanol–water partition coefficient (Wildman–Crippen LogP) is 2.95. The van der Waals surface area contributed by atoms with Crippen LogP contribution in [0.5, 0.6) is 0 Å². The summed E-state index contributed by atoms with van der Waals surface area (Å²) in [5.41, 5.74) is -0.228. The molecule has 0 bridgehead atoms. The Kier molecular flexibility index (Phi) is 4.81. The van der Waals surface area contributed by atoms with Crippen LogP contribution < -0.4 is 5.32 Å². The second kappa shape index (κ2) is 6.20. The zero-order chi connectivity index (χ0) is 13.9. The zero-order valence-electron chi connectivity index (χ0n) is 11.0. The standard InChI is InChI=1S/C14H19F2NOS/c1-17-14(9-18)6-2-3-11(8-14)19-10-4-5-12(15)13(16)7-10/h4-5,7,11,17-18H,2-3,6,8-9H2,1H3. The summed E-state index contributed by atoms with van der Waals surface area (Å²) in [6.45, 7) is 0.109. The van der Waals surface area contributed by atoms with Crippen LogP contribution in [0.15, 0.2) is 23.1 Å². The van der Waals surface area contributed by atoms with Crippen molar-refractivity contribution in [3.05, 3.63) is 29.8 Å². The van der Waals surface area contributed by atoms with Crippen LogP contribution in [0.25, 0.3) is 0 Å². The Bertz CT molecular complexity index is 437. The van der Waals surface area contributed by atoms with Gasteiger partial charge in [0.1, 0.15) is 0 Å². The number of benzene rings is 1. The van der Waals surface area contributed by atoms with Crippen LogP contribution in [-0.2, 0) is 0 Å². The van der Waals surface area contributed by atoms with E-state index < -0.39 is 11.6 Å². The van der Waals surface area contributed by atoms with Crippen molar-refractivity contribution in [2.24, 2.45) is 0 Å². The first kappa shape index (κ1) is 14.8. The van der Waals surface area contributed by atoms with Gasteiger partial charge in [0.2, 0.25) is 0 Å². The zero-order valence-corrected chi connectivity index (χ0v) is 11.8. The minimum absolute atomic E-state index is 0.109. The summed E-state index contributed by atoms with van der Waals surface area (Å²) in [6.07, 6.45) is 3.86. The molecule has 0 aliphatic heterocycles. The van der Waals surface area contributed by atoms with Crippen LogP contribution in [0.4, 0.5) is 8.78 Å². The van der Waals surface area contributed by atoms with E-state index in [1.807, 2.05) is 7.05 Å². The van der Waals surface area contributed by atoms with Crippen molar-refractivity contribution in [1.29, 1.82) is 0 Å². The average Bonchev–Trinajstić information content (AvgIpc) is 2.43. The molecule has 2 N–H and O–H groups in total. The first-order valence-electron chi connectivity index (χ1n) is 6.50. The molecule has 0 spiro atoms. The lowest BCUT2D eigenvalue weighted by Gasteiger charge is -2.39. The third kappa shape index (κ3) is 3.46. The molecule has 0 amide bonds. The molecule has 106 valence electrons. The number of aliphatic hydroxyl groups is 1. The lowest BCUT2D eigenvalue weighted by molar-refractivity contribution is 0.131. The molecule has 1 aromatic rings. The molecule has 2 unspecified atom stereocenters. The number of likely N-dealkylation sites (N-methyl/N-ethyl adjacent to an activating group) is 1. The summed E-state index contributed by atoms with van der Waals surface area (Å²) < 4.78 is 26.1. The molecule has 2 nitrogen and oxygen atoms in total. The van der Waals surface area contributed by atoms with Crippen LogP contribution in [0.3, 0.4) is 0 Å². The van der Waals surface area contributed by atoms with E-state index >= 15 is 0 Å². The van der Waals surface area contributed by atoms with Gasteiger partial charge in [0.25, 0.3) is 0 Å². The molecule has 2 rings (SSSR count). The van der Waals surface area contributed by atoms with Crippen molar-refractivity contribution in [1.82, 2.24) is 5.32 Å². The fourth-order valence-electron chi connectivity index (χ4n) is 2.60. The highest BCUT2D eigenvalue weighted by Gasteiger charge is 2.34. The Morgan fingerprint density at radius 1 is 1.42 bits per heavy atom.